The molecule has 1 saturated heterocycles. The van der Waals surface area contributed by atoms with E-state index in [9.17, 15) is 4.79 Å². The van der Waals surface area contributed by atoms with Crippen molar-refractivity contribution in [3.8, 4) is 0 Å². The van der Waals surface area contributed by atoms with Crippen molar-refractivity contribution in [3.63, 3.8) is 0 Å². The Morgan fingerprint density at radius 3 is 2.58 bits per heavy atom. The molecule has 1 unspecified atom stereocenters. The normalized spacial score (nSPS) is 19.5. The van der Waals surface area contributed by atoms with E-state index in [-0.39, 0.29) is 0 Å². The highest BCUT2D eigenvalue weighted by atomic mass is 16.2. The van der Waals surface area contributed by atoms with Crippen LogP contribution in [0.2, 0.25) is 0 Å². The Balaban J connectivity index is 1.82. The van der Waals surface area contributed by atoms with E-state index in [4.69, 9.17) is 0 Å². The molecule has 1 aliphatic heterocycles. The molecule has 1 fully saturated rings. The van der Waals surface area contributed by atoms with Gasteiger partial charge in [-0.15, -0.1) is 0 Å². The number of benzene rings is 1. The summed E-state index contributed by atoms with van der Waals surface area (Å²) in [6, 6.07) is 8.65. The molecule has 19 heavy (non-hydrogen) atoms. The average Bonchev–Trinajstić information content (AvgIpc) is 2.45. The molecule has 104 valence electrons. The molecule has 0 aromatic heterocycles. The Morgan fingerprint density at radius 2 is 1.95 bits per heavy atom. The second-order valence-corrected chi connectivity index (χ2v) is 5.76. The molecule has 0 radical (unpaired) electrons. The SMILES string of the molecule is CCc1ccc(CCC(=O)N2CCCC(C)C2)cc1. The summed E-state index contributed by atoms with van der Waals surface area (Å²) in [5.74, 6) is 0.993. The van der Waals surface area contributed by atoms with Crippen molar-refractivity contribution in [3.05, 3.63) is 35.4 Å². The molecular weight excluding hydrogens is 234 g/mol. The van der Waals surface area contributed by atoms with Crippen LogP contribution in [0, 0.1) is 5.92 Å². The monoisotopic (exact) mass is 259 g/mol. The smallest absolute Gasteiger partial charge is 0.222 e. The molecule has 1 atom stereocenters. The molecule has 1 aromatic rings. The van der Waals surface area contributed by atoms with Crippen LogP contribution in [-0.4, -0.2) is 23.9 Å². The summed E-state index contributed by atoms with van der Waals surface area (Å²) in [5.41, 5.74) is 2.63. The van der Waals surface area contributed by atoms with Crippen LogP contribution in [0.15, 0.2) is 24.3 Å². The van der Waals surface area contributed by atoms with Crippen molar-refractivity contribution >= 4 is 5.91 Å². The molecule has 1 aromatic carbocycles. The first-order valence-electron chi connectivity index (χ1n) is 7.54. The predicted molar refractivity (Wildman–Crippen MR) is 79.1 cm³/mol. The van der Waals surface area contributed by atoms with Crippen LogP contribution in [0.4, 0.5) is 0 Å². The maximum atomic E-state index is 12.2. The van der Waals surface area contributed by atoms with E-state index in [1.807, 2.05) is 0 Å². The summed E-state index contributed by atoms with van der Waals surface area (Å²) in [6.45, 7) is 6.31. The number of carbonyl (C=O) groups is 1. The number of hydrogen-bond donors (Lipinski definition) is 0. The Kier molecular flexibility index (Phi) is 5.00. The van der Waals surface area contributed by atoms with Gasteiger partial charge in [-0.3, -0.25) is 4.79 Å². The minimum atomic E-state index is 0.325. The van der Waals surface area contributed by atoms with Gasteiger partial charge in [-0.1, -0.05) is 38.1 Å². The topological polar surface area (TPSA) is 20.3 Å². The highest BCUT2D eigenvalue weighted by Crippen LogP contribution is 2.17. The number of likely N-dealkylation sites (tertiary alicyclic amines) is 1. The zero-order chi connectivity index (χ0) is 13.7. The first-order chi connectivity index (χ1) is 9.19. The summed E-state index contributed by atoms with van der Waals surface area (Å²) in [7, 11) is 0. The van der Waals surface area contributed by atoms with E-state index in [2.05, 4.69) is 43.0 Å². The van der Waals surface area contributed by atoms with Gasteiger partial charge in [-0.2, -0.15) is 0 Å². The number of rotatable bonds is 4. The molecule has 2 heteroatoms. The van der Waals surface area contributed by atoms with Gasteiger partial charge in [0.1, 0.15) is 0 Å². The third-order valence-corrected chi connectivity index (χ3v) is 4.07. The van der Waals surface area contributed by atoms with E-state index in [1.54, 1.807) is 0 Å². The van der Waals surface area contributed by atoms with Crippen molar-refractivity contribution < 1.29 is 4.79 Å². The van der Waals surface area contributed by atoms with Crippen LogP contribution < -0.4 is 0 Å². The summed E-state index contributed by atoms with van der Waals surface area (Å²) in [4.78, 5) is 14.2. The lowest BCUT2D eigenvalue weighted by atomic mass is 9.99. The van der Waals surface area contributed by atoms with Crippen molar-refractivity contribution in [1.82, 2.24) is 4.90 Å². The van der Waals surface area contributed by atoms with Gasteiger partial charge >= 0.3 is 0 Å². The largest absolute Gasteiger partial charge is 0.342 e. The molecule has 1 aliphatic rings. The van der Waals surface area contributed by atoms with Crippen LogP contribution in [0.1, 0.15) is 44.2 Å². The van der Waals surface area contributed by atoms with Crippen LogP contribution in [0.5, 0.6) is 0 Å². The second kappa shape index (κ2) is 6.74. The number of piperidine rings is 1. The zero-order valence-electron chi connectivity index (χ0n) is 12.2. The Labute approximate surface area is 116 Å². The molecule has 1 amide bonds. The van der Waals surface area contributed by atoms with E-state index in [0.717, 1.165) is 32.4 Å². The molecule has 0 spiro atoms. The highest BCUT2D eigenvalue weighted by Gasteiger charge is 2.20. The van der Waals surface area contributed by atoms with Crippen molar-refractivity contribution in [1.29, 1.82) is 0 Å². The quantitative estimate of drug-likeness (QED) is 0.811. The first kappa shape index (κ1) is 14.1. The lowest BCUT2D eigenvalue weighted by Gasteiger charge is -2.31. The van der Waals surface area contributed by atoms with Gasteiger partial charge < -0.3 is 4.90 Å². The fraction of sp³-hybridized carbons (Fsp3) is 0.588. The fourth-order valence-electron chi connectivity index (χ4n) is 2.77. The molecule has 0 saturated carbocycles. The third-order valence-electron chi connectivity index (χ3n) is 4.07. The number of carbonyl (C=O) groups excluding carboxylic acids is 1. The summed E-state index contributed by atoms with van der Waals surface area (Å²) in [6.07, 6.45) is 5.02. The van der Waals surface area contributed by atoms with Crippen LogP contribution in [-0.2, 0) is 17.6 Å². The van der Waals surface area contributed by atoms with E-state index in [1.165, 1.54) is 17.5 Å². The fourth-order valence-corrected chi connectivity index (χ4v) is 2.77. The maximum absolute atomic E-state index is 12.2. The molecule has 1 heterocycles. The summed E-state index contributed by atoms with van der Waals surface area (Å²) < 4.78 is 0. The third kappa shape index (κ3) is 4.09. The minimum absolute atomic E-state index is 0.325. The van der Waals surface area contributed by atoms with Gasteiger partial charge in [0.2, 0.25) is 5.91 Å². The van der Waals surface area contributed by atoms with Gasteiger partial charge in [0.25, 0.3) is 0 Å². The molecule has 0 bridgehead atoms. The number of hydrogen-bond acceptors (Lipinski definition) is 1. The van der Waals surface area contributed by atoms with E-state index >= 15 is 0 Å². The Hall–Kier alpha value is -1.31. The van der Waals surface area contributed by atoms with Gasteiger partial charge in [-0.05, 0) is 42.7 Å². The van der Waals surface area contributed by atoms with Gasteiger partial charge in [0, 0.05) is 19.5 Å². The van der Waals surface area contributed by atoms with E-state index < -0.39 is 0 Å². The van der Waals surface area contributed by atoms with Crippen molar-refractivity contribution in [2.45, 2.75) is 46.0 Å². The molecule has 0 N–H and O–H groups in total. The van der Waals surface area contributed by atoms with Gasteiger partial charge in [0.15, 0.2) is 0 Å². The average molecular weight is 259 g/mol. The van der Waals surface area contributed by atoms with Crippen LogP contribution in [0.25, 0.3) is 0 Å². The van der Waals surface area contributed by atoms with Gasteiger partial charge in [-0.25, -0.2) is 0 Å². The maximum Gasteiger partial charge on any atom is 0.222 e. The predicted octanol–water partition coefficient (Wildman–Crippen LogP) is 3.44. The first-order valence-corrected chi connectivity index (χ1v) is 7.54. The Morgan fingerprint density at radius 1 is 1.26 bits per heavy atom. The van der Waals surface area contributed by atoms with Crippen molar-refractivity contribution in [2.24, 2.45) is 5.92 Å². The van der Waals surface area contributed by atoms with Crippen LogP contribution in [0.3, 0.4) is 0 Å². The zero-order valence-corrected chi connectivity index (χ0v) is 12.2. The van der Waals surface area contributed by atoms with Crippen molar-refractivity contribution in [2.75, 3.05) is 13.1 Å². The summed E-state index contributed by atoms with van der Waals surface area (Å²) in [5, 5.41) is 0. The molecular formula is C17H25NO. The van der Waals surface area contributed by atoms with Gasteiger partial charge in [0.05, 0.1) is 0 Å². The molecule has 0 aliphatic carbocycles. The molecule has 2 rings (SSSR count). The Bertz CT molecular complexity index is 410. The molecule has 2 nitrogen and oxygen atoms in total. The summed E-state index contributed by atoms with van der Waals surface area (Å²) >= 11 is 0. The standard InChI is InChI=1S/C17H25NO/c1-3-15-6-8-16(9-7-15)10-11-17(19)18-12-4-5-14(2)13-18/h6-9,14H,3-5,10-13H2,1-2H3. The highest BCUT2D eigenvalue weighted by molar-refractivity contribution is 5.76. The second-order valence-electron chi connectivity index (χ2n) is 5.76. The number of amides is 1. The minimum Gasteiger partial charge on any atom is -0.342 e. The van der Waals surface area contributed by atoms with Crippen LogP contribution >= 0.6 is 0 Å². The van der Waals surface area contributed by atoms with E-state index in [0.29, 0.717) is 18.2 Å². The lowest BCUT2D eigenvalue weighted by molar-refractivity contribution is -0.132. The lowest BCUT2D eigenvalue weighted by Crippen LogP contribution is -2.39. The number of nitrogens with zero attached hydrogens (tertiary/aromatic N) is 1. The number of aryl methyl sites for hydroxylation is 2.